The number of rotatable bonds is 5. The Kier molecular flexibility index (Phi) is 5.02. The average molecular weight is 293 g/mol. The summed E-state index contributed by atoms with van der Waals surface area (Å²) in [6, 6.07) is 9.42. The van der Waals surface area contributed by atoms with Crippen LogP contribution in [0.4, 0.5) is 13.2 Å². The molecule has 2 aromatic rings. The molecule has 0 aromatic heterocycles. The van der Waals surface area contributed by atoms with Crippen molar-refractivity contribution in [2.45, 2.75) is 26.3 Å². The van der Waals surface area contributed by atoms with Crippen molar-refractivity contribution in [2.75, 3.05) is 6.54 Å². The predicted molar refractivity (Wildman–Crippen MR) is 77.7 cm³/mol. The third-order valence-electron chi connectivity index (χ3n) is 3.48. The molecule has 1 N–H and O–H groups in total. The molecule has 0 aliphatic heterocycles. The SMILES string of the molecule is CCNC(c1cccc(CC)c1)c1ccc(F)c(F)c1F. The van der Waals surface area contributed by atoms with Crippen LogP contribution >= 0.6 is 0 Å². The van der Waals surface area contributed by atoms with E-state index in [0.29, 0.717) is 6.54 Å². The van der Waals surface area contributed by atoms with Crippen LogP contribution in [0.25, 0.3) is 0 Å². The van der Waals surface area contributed by atoms with Crippen LogP contribution in [-0.4, -0.2) is 6.54 Å². The van der Waals surface area contributed by atoms with E-state index in [-0.39, 0.29) is 5.56 Å². The maximum absolute atomic E-state index is 14.0. The molecule has 0 saturated carbocycles. The van der Waals surface area contributed by atoms with Crippen molar-refractivity contribution in [3.05, 3.63) is 70.5 Å². The van der Waals surface area contributed by atoms with E-state index in [4.69, 9.17) is 0 Å². The monoisotopic (exact) mass is 293 g/mol. The Morgan fingerprint density at radius 2 is 1.76 bits per heavy atom. The molecule has 0 spiro atoms. The van der Waals surface area contributed by atoms with Gasteiger partial charge in [-0.1, -0.05) is 44.2 Å². The molecule has 0 aliphatic rings. The van der Waals surface area contributed by atoms with E-state index < -0.39 is 23.5 Å². The van der Waals surface area contributed by atoms with Crippen LogP contribution in [0.15, 0.2) is 36.4 Å². The largest absolute Gasteiger partial charge is 0.306 e. The van der Waals surface area contributed by atoms with Crippen LogP contribution in [0.1, 0.15) is 36.6 Å². The summed E-state index contributed by atoms with van der Waals surface area (Å²) in [6.07, 6.45) is 0.854. The molecule has 1 unspecified atom stereocenters. The zero-order valence-corrected chi connectivity index (χ0v) is 12.1. The summed E-state index contributed by atoms with van der Waals surface area (Å²) >= 11 is 0. The smallest absolute Gasteiger partial charge is 0.194 e. The number of benzene rings is 2. The third kappa shape index (κ3) is 3.27. The van der Waals surface area contributed by atoms with Gasteiger partial charge < -0.3 is 5.32 Å². The molecular weight excluding hydrogens is 275 g/mol. The molecule has 0 saturated heterocycles. The number of aryl methyl sites for hydroxylation is 1. The molecule has 21 heavy (non-hydrogen) atoms. The first kappa shape index (κ1) is 15.6. The molecule has 0 fully saturated rings. The maximum atomic E-state index is 14.0. The van der Waals surface area contributed by atoms with Gasteiger partial charge in [0, 0.05) is 5.56 Å². The first-order chi connectivity index (χ1) is 10.1. The Bertz CT molecular complexity index is 625. The predicted octanol–water partition coefficient (Wildman–Crippen LogP) is 4.37. The molecule has 2 aromatic carbocycles. The summed E-state index contributed by atoms with van der Waals surface area (Å²) in [6.45, 7) is 4.49. The number of nitrogens with one attached hydrogen (secondary N) is 1. The maximum Gasteiger partial charge on any atom is 0.194 e. The minimum absolute atomic E-state index is 0.115. The molecule has 0 bridgehead atoms. The second-order valence-electron chi connectivity index (χ2n) is 4.85. The lowest BCUT2D eigenvalue weighted by Gasteiger charge is -2.20. The third-order valence-corrected chi connectivity index (χ3v) is 3.48. The van der Waals surface area contributed by atoms with E-state index >= 15 is 0 Å². The average Bonchev–Trinajstić information content (AvgIpc) is 2.51. The lowest BCUT2D eigenvalue weighted by Crippen LogP contribution is -2.23. The van der Waals surface area contributed by atoms with Gasteiger partial charge in [0.25, 0.3) is 0 Å². The van der Waals surface area contributed by atoms with E-state index in [2.05, 4.69) is 5.32 Å². The minimum atomic E-state index is -1.43. The summed E-state index contributed by atoms with van der Waals surface area (Å²) in [7, 11) is 0. The zero-order chi connectivity index (χ0) is 15.4. The highest BCUT2D eigenvalue weighted by Crippen LogP contribution is 2.27. The van der Waals surface area contributed by atoms with Gasteiger partial charge in [0.1, 0.15) is 0 Å². The fourth-order valence-electron chi connectivity index (χ4n) is 2.37. The lowest BCUT2D eigenvalue weighted by molar-refractivity contribution is 0.433. The van der Waals surface area contributed by atoms with Crippen LogP contribution in [0.5, 0.6) is 0 Å². The van der Waals surface area contributed by atoms with Gasteiger partial charge >= 0.3 is 0 Å². The molecule has 2 rings (SSSR count). The number of hydrogen-bond donors (Lipinski definition) is 1. The molecular formula is C17H18F3N. The van der Waals surface area contributed by atoms with Crippen molar-refractivity contribution in [2.24, 2.45) is 0 Å². The van der Waals surface area contributed by atoms with Crippen LogP contribution in [0.3, 0.4) is 0 Å². The van der Waals surface area contributed by atoms with Crippen LogP contribution in [-0.2, 0) is 6.42 Å². The molecule has 0 aliphatic carbocycles. The van der Waals surface area contributed by atoms with E-state index in [1.807, 2.05) is 38.1 Å². The van der Waals surface area contributed by atoms with Gasteiger partial charge in [-0.15, -0.1) is 0 Å². The van der Waals surface area contributed by atoms with Crippen LogP contribution < -0.4 is 5.32 Å². The van der Waals surface area contributed by atoms with Gasteiger partial charge in [-0.3, -0.25) is 0 Å². The molecule has 1 nitrogen and oxygen atoms in total. The fraction of sp³-hybridized carbons (Fsp3) is 0.294. The summed E-state index contributed by atoms with van der Waals surface area (Å²) < 4.78 is 40.6. The van der Waals surface area contributed by atoms with E-state index in [0.717, 1.165) is 23.6 Å². The van der Waals surface area contributed by atoms with Crippen molar-refractivity contribution in [3.63, 3.8) is 0 Å². The zero-order valence-electron chi connectivity index (χ0n) is 12.1. The number of halogens is 3. The van der Waals surface area contributed by atoms with Crippen molar-refractivity contribution in [1.29, 1.82) is 0 Å². The highest BCUT2D eigenvalue weighted by molar-refractivity contribution is 5.35. The molecule has 1 atom stereocenters. The van der Waals surface area contributed by atoms with Gasteiger partial charge in [0.05, 0.1) is 6.04 Å². The Morgan fingerprint density at radius 1 is 1.00 bits per heavy atom. The van der Waals surface area contributed by atoms with Gasteiger partial charge in [-0.05, 0) is 30.2 Å². The van der Waals surface area contributed by atoms with Gasteiger partial charge in [-0.25, -0.2) is 13.2 Å². The van der Waals surface area contributed by atoms with E-state index in [1.165, 1.54) is 6.07 Å². The topological polar surface area (TPSA) is 12.0 Å². The highest BCUT2D eigenvalue weighted by Gasteiger charge is 2.21. The first-order valence-electron chi connectivity index (χ1n) is 7.04. The fourth-order valence-corrected chi connectivity index (χ4v) is 2.37. The van der Waals surface area contributed by atoms with Gasteiger partial charge in [0.15, 0.2) is 17.5 Å². The van der Waals surface area contributed by atoms with Crippen LogP contribution in [0, 0.1) is 17.5 Å². The molecule has 0 heterocycles. The second-order valence-corrected chi connectivity index (χ2v) is 4.85. The summed E-state index contributed by atoms with van der Waals surface area (Å²) in [5.41, 5.74) is 2.06. The minimum Gasteiger partial charge on any atom is -0.306 e. The summed E-state index contributed by atoms with van der Waals surface area (Å²) in [5, 5.41) is 3.12. The normalized spacial score (nSPS) is 12.4. The summed E-state index contributed by atoms with van der Waals surface area (Å²) in [4.78, 5) is 0. The van der Waals surface area contributed by atoms with E-state index in [9.17, 15) is 13.2 Å². The Balaban J connectivity index is 2.50. The van der Waals surface area contributed by atoms with Gasteiger partial charge in [0.2, 0.25) is 0 Å². The standard InChI is InChI=1S/C17H18F3N/c1-3-11-6-5-7-12(10-11)17(21-4-2)13-8-9-14(18)16(20)15(13)19/h5-10,17,21H,3-4H2,1-2H3. The lowest BCUT2D eigenvalue weighted by atomic mass is 9.96. The Hall–Kier alpha value is -1.81. The van der Waals surface area contributed by atoms with Crippen molar-refractivity contribution < 1.29 is 13.2 Å². The number of hydrogen-bond acceptors (Lipinski definition) is 1. The molecule has 0 amide bonds. The Morgan fingerprint density at radius 3 is 2.43 bits per heavy atom. The van der Waals surface area contributed by atoms with Crippen LogP contribution in [0.2, 0.25) is 0 Å². The second kappa shape index (κ2) is 6.76. The molecule has 4 heteroatoms. The van der Waals surface area contributed by atoms with Gasteiger partial charge in [-0.2, -0.15) is 0 Å². The van der Waals surface area contributed by atoms with Crippen molar-refractivity contribution in [3.8, 4) is 0 Å². The summed E-state index contributed by atoms with van der Waals surface area (Å²) in [5.74, 6) is -3.74. The van der Waals surface area contributed by atoms with E-state index in [1.54, 1.807) is 0 Å². The Labute approximate surface area is 122 Å². The molecule has 112 valence electrons. The first-order valence-corrected chi connectivity index (χ1v) is 7.04. The quantitative estimate of drug-likeness (QED) is 0.807. The highest BCUT2D eigenvalue weighted by atomic mass is 19.2. The molecule has 0 radical (unpaired) electrons. The van der Waals surface area contributed by atoms with Crippen molar-refractivity contribution in [1.82, 2.24) is 5.32 Å². The van der Waals surface area contributed by atoms with Crippen molar-refractivity contribution >= 4 is 0 Å².